The van der Waals surface area contributed by atoms with Gasteiger partial charge in [0.15, 0.2) is 0 Å². The zero-order valence-electron chi connectivity index (χ0n) is 19.9. The number of likely N-dealkylation sites (tertiary alicyclic amines) is 1. The Bertz CT molecular complexity index is 1150. The number of aryl methyl sites for hydroxylation is 1. The van der Waals surface area contributed by atoms with Crippen LogP contribution in [0.3, 0.4) is 0 Å². The fourth-order valence-corrected chi connectivity index (χ4v) is 5.70. The molecule has 0 spiro atoms. The highest BCUT2D eigenvalue weighted by Crippen LogP contribution is 2.31. The average Bonchev–Trinajstić information content (AvgIpc) is 3.26. The summed E-state index contributed by atoms with van der Waals surface area (Å²) in [5, 5.41) is 0. The first-order valence-corrected chi connectivity index (χ1v) is 13.6. The number of anilines is 2. The van der Waals surface area contributed by atoms with Crippen molar-refractivity contribution in [1.29, 1.82) is 0 Å². The van der Waals surface area contributed by atoms with Crippen LogP contribution in [0.4, 0.5) is 11.4 Å². The molecule has 0 bridgehead atoms. The van der Waals surface area contributed by atoms with E-state index in [1.807, 2.05) is 24.0 Å². The normalized spacial score (nSPS) is 16.4. The molecule has 2 aliphatic rings. The Morgan fingerprint density at radius 2 is 1.65 bits per heavy atom. The maximum atomic E-state index is 12.9. The molecule has 1 N–H and O–H groups in total. The van der Waals surface area contributed by atoms with Gasteiger partial charge in [0, 0.05) is 43.9 Å². The summed E-state index contributed by atoms with van der Waals surface area (Å²) in [6, 6.07) is 12.2. The molecule has 0 unspecified atom stereocenters. The molecule has 2 aliphatic heterocycles. The van der Waals surface area contributed by atoms with Gasteiger partial charge in [-0.1, -0.05) is 26.0 Å². The molecule has 2 heterocycles. The second-order valence-corrected chi connectivity index (χ2v) is 11.0. The molecule has 0 aliphatic carbocycles. The Kier molecular flexibility index (Phi) is 7.26. The van der Waals surface area contributed by atoms with Crippen LogP contribution in [-0.2, 0) is 32.5 Å². The number of carbonyl (C=O) groups is 2. The Balaban J connectivity index is 1.38. The van der Waals surface area contributed by atoms with Crippen LogP contribution >= 0.6 is 0 Å². The summed E-state index contributed by atoms with van der Waals surface area (Å²) in [5.41, 5.74) is 3.21. The van der Waals surface area contributed by atoms with Crippen molar-refractivity contribution in [3.05, 3.63) is 53.6 Å². The van der Waals surface area contributed by atoms with Gasteiger partial charge in [0.2, 0.25) is 11.8 Å². The van der Waals surface area contributed by atoms with Crippen molar-refractivity contribution < 1.29 is 18.0 Å². The zero-order valence-corrected chi connectivity index (χ0v) is 20.7. The van der Waals surface area contributed by atoms with E-state index in [2.05, 4.69) is 11.6 Å². The summed E-state index contributed by atoms with van der Waals surface area (Å²) in [5.74, 6) is 0.596. The number of carbonyl (C=O) groups excluding carboxylic acids is 2. The first-order chi connectivity index (χ1) is 16.3. The third-order valence-electron chi connectivity index (χ3n) is 6.86. The van der Waals surface area contributed by atoms with E-state index in [9.17, 15) is 18.0 Å². The average molecular weight is 484 g/mol. The summed E-state index contributed by atoms with van der Waals surface area (Å²) >= 11 is 0. The third kappa shape index (κ3) is 5.43. The highest BCUT2D eigenvalue weighted by Gasteiger charge is 2.28. The molecule has 2 aromatic carbocycles. The lowest BCUT2D eigenvalue weighted by atomic mass is 9.99. The fraction of sp³-hybridized carbons (Fsp3) is 0.462. The monoisotopic (exact) mass is 483 g/mol. The van der Waals surface area contributed by atoms with Crippen LogP contribution in [-0.4, -0.2) is 44.8 Å². The molecule has 0 radical (unpaired) electrons. The molecule has 0 aromatic heterocycles. The number of nitrogens with one attached hydrogen (secondary N) is 1. The van der Waals surface area contributed by atoms with Gasteiger partial charge in [0.25, 0.3) is 10.0 Å². The molecule has 2 amide bonds. The maximum absolute atomic E-state index is 12.9. The van der Waals surface area contributed by atoms with Crippen LogP contribution in [0, 0.1) is 5.92 Å². The van der Waals surface area contributed by atoms with Crippen LogP contribution < -0.4 is 9.62 Å². The van der Waals surface area contributed by atoms with E-state index >= 15 is 0 Å². The Labute approximate surface area is 202 Å². The minimum Gasteiger partial charge on any atom is -0.343 e. The van der Waals surface area contributed by atoms with Crippen LogP contribution in [0.25, 0.3) is 0 Å². The van der Waals surface area contributed by atoms with Crippen LogP contribution in [0.15, 0.2) is 47.4 Å². The molecule has 182 valence electrons. The SMILES string of the molecule is CCc1ccc(NS(=O)(=O)c2ccc3c(c2)CCN3C(=O)CCC(=O)N2CCC(C)CC2)cc1. The van der Waals surface area contributed by atoms with E-state index in [4.69, 9.17) is 0 Å². The summed E-state index contributed by atoms with van der Waals surface area (Å²) < 4.78 is 28.4. The first-order valence-electron chi connectivity index (χ1n) is 12.1. The van der Waals surface area contributed by atoms with E-state index < -0.39 is 10.0 Å². The lowest BCUT2D eigenvalue weighted by molar-refractivity contribution is -0.134. The van der Waals surface area contributed by atoms with E-state index in [0.717, 1.165) is 49.2 Å². The number of amides is 2. The van der Waals surface area contributed by atoms with Gasteiger partial charge < -0.3 is 9.80 Å². The topological polar surface area (TPSA) is 86.8 Å². The Hall–Kier alpha value is -2.87. The molecule has 2 aromatic rings. The molecule has 1 fully saturated rings. The second-order valence-electron chi connectivity index (χ2n) is 9.31. The van der Waals surface area contributed by atoms with Crippen molar-refractivity contribution in [2.45, 2.75) is 57.3 Å². The standard InChI is InChI=1S/C26H33N3O4S/c1-3-20-4-6-22(7-5-20)27-34(32,33)23-8-9-24-21(18-23)14-17-29(24)26(31)11-10-25(30)28-15-12-19(2)13-16-28/h4-9,18-19,27H,3,10-17H2,1-2H3. The van der Waals surface area contributed by atoms with Gasteiger partial charge in [-0.25, -0.2) is 8.42 Å². The summed E-state index contributed by atoms with van der Waals surface area (Å²) in [4.78, 5) is 29.1. The van der Waals surface area contributed by atoms with Gasteiger partial charge in [-0.3, -0.25) is 14.3 Å². The quantitative estimate of drug-likeness (QED) is 0.645. The number of piperidine rings is 1. The first kappa shape index (κ1) is 24.3. The fourth-order valence-electron chi connectivity index (χ4n) is 4.59. The number of sulfonamides is 1. The number of fused-ring (bicyclic) bond motifs is 1. The second kappa shape index (κ2) is 10.2. The number of benzene rings is 2. The van der Waals surface area contributed by atoms with E-state index in [0.29, 0.717) is 24.6 Å². The van der Waals surface area contributed by atoms with Gasteiger partial charge in [-0.15, -0.1) is 0 Å². The highest BCUT2D eigenvalue weighted by molar-refractivity contribution is 7.92. The molecule has 7 nitrogen and oxygen atoms in total. The number of hydrogen-bond acceptors (Lipinski definition) is 4. The Morgan fingerprint density at radius 1 is 0.971 bits per heavy atom. The van der Waals surface area contributed by atoms with Gasteiger partial charge in [-0.2, -0.15) is 0 Å². The van der Waals surface area contributed by atoms with Crippen LogP contribution in [0.2, 0.25) is 0 Å². The Morgan fingerprint density at radius 3 is 2.32 bits per heavy atom. The smallest absolute Gasteiger partial charge is 0.261 e. The maximum Gasteiger partial charge on any atom is 0.261 e. The van der Waals surface area contributed by atoms with Gasteiger partial charge in [0.1, 0.15) is 0 Å². The van der Waals surface area contributed by atoms with Crippen LogP contribution in [0.1, 0.15) is 50.7 Å². The van der Waals surface area contributed by atoms with E-state index in [1.165, 1.54) is 6.07 Å². The molecule has 8 heteroatoms. The van der Waals surface area contributed by atoms with Crippen molar-refractivity contribution >= 4 is 33.2 Å². The zero-order chi connectivity index (χ0) is 24.3. The minimum absolute atomic E-state index is 0.0409. The predicted molar refractivity (Wildman–Crippen MR) is 133 cm³/mol. The molecular formula is C26H33N3O4S. The minimum atomic E-state index is -3.73. The molecule has 0 saturated carbocycles. The number of nitrogens with zero attached hydrogens (tertiary/aromatic N) is 2. The summed E-state index contributed by atoms with van der Waals surface area (Å²) in [6.07, 6.45) is 3.89. The number of hydrogen-bond donors (Lipinski definition) is 1. The lowest BCUT2D eigenvalue weighted by Crippen LogP contribution is -2.38. The van der Waals surface area contributed by atoms with Crippen LogP contribution in [0.5, 0.6) is 0 Å². The molecule has 34 heavy (non-hydrogen) atoms. The van der Waals surface area contributed by atoms with Gasteiger partial charge in [-0.05, 0) is 73.1 Å². The van der Waals surface area contributed by atoms with Crippen molar-refractivity contribution in [3.8, 4) is 0 Å². The van der Waals surface area contributed by atoms with E-state index in [1.54, 1.807) is 29.2 Å². The highest BCUT2D eigenvalue weighted by atomic mass is 32.2. The molecule has 0 atom stereocenters. The van der Waals surface area contributed by atoms with Crippen molar-refractivity contribution in [1.82, 2.24) is 4.90 Å². The van der Waals surface area contributed by atoms with Crippen molar-refractivity contribution in [3.63, 3.8) is 0 Å². The van der Waals surface area contributed by atoms with Crippen molar-refractivity contribution in [2.24, 2.45) is 5.92 Å². The van der Waals surface area contributed by atoms with Crippen molar-refractivity contribution in [2.75, 3.05) is 29.3 Å². The third-order valence-corrected chi connectivity index (χ3v) is 8.24. The predicted octanol–water partition coefficient (Wildman–Crippen LogP) is 3.98. The summed E-state index contributed by atoms with van der Waals surface area (Å²) in [7, 11) is -3.73. The number of rotatable bonds is 7. The summed E-state index contributed by atoms with van der Waals surface area (Å²) in [6.45, 7) is 6.29. The van der Waals surface area contributed by atoms with Gasteiger partial charge in [0.05, 0.1) is 4.90 Å². The molecule has 1 saturated heterocycles. The lowest BCUT2D eigenvalue weighted by Gasteiger charge is -2.30. The molecule has 4 rings (SSSR count). The van der Waals surface area contributed by atoms with E-state index in [-0.39, 0.29) is 29.6 Å². The largest absolute Gasteiger partial charge is 0.343 e. The van der Waals surface area contributed by atoms with Gasteiger partial charge >= 0.3 is 0 Å². The molecular weight excluding hydrogens is 450 g/mol.